The number of hydrogen-bond donors (Lipinski definition) is 0. The molecule has 2 unspecified atom stereocenters. The van der Waals surface area contributed by atoms with Crippen molar-refractivity contribution >= 4 is 6.08 Å². The minimum Gasteiger partial charge on any atom is -0.497 e. The molecule has 0 radical (unpaired) electrons. The highest BCUT2D eigenvalue weighted by Gasteiger charge is 2.32. The van der Waals surface area contributed by atoms with Crippen molar-refractivity contribution in [1.29, 1.82) is 5.26 Å². The highest BCUT2D eigenvalue weighted by Crippen LogP contribution is 2.37. The van der Waals surface area contributed by atoms with Gasteiger partial charge in [0.2, 0.25) is 0 Å². The molecule has 38 heavy (non-hydrogen) atoms. The van der Waals surface area contributed by atoms with Crippen molar-refractivity contribution in [1.82, 2.24) is 0 Å². The van der Waals surface area contributed by atoms with Crippen LogP contribution in [0, 0.1) is 23.2 Å². The molecule has 2 aromatic rings. The van der Waals surface area contributed by atoms with Crippen molar-refractivity contribution in [3.05, 3.63) is 77.5 Å². The molecule has 0 aliphatic rings. The van der Waals surface area contributed by atoms with Crippen LogP contribution in [0.5, 0.6) is 11.5 Å². The molecule has 0 aliphatic carbocycles. The number of ether oxygens (including phenoxy) is 2. The summed E-state index contributed by atoms with van der Waals surface area (Å²) in [6.07, 6.45) is 13.0. The summed E-state index contributed by atoms with van der Waals surface area (Å²) in [5.74, 6) is 2.91. The highest BCUT2D eigenvalue weighted by atomic mass is 16.5. The van der Waals surface area contributed by atoms with Gasteiger partial charge in [-0.1, -0.05) is 76.5 Å². The van der Waals surface area contributed by atoms with Gasteiger partial charge in [-0.05, 0) is 79.0 Å². The fourth-order valence-corrected chi connectivity index (χ4v) is 4.67. The van der Waals surface area contributed by atoms with E-state index in [1.165, 1.54) is 19.3 Å². The monoisotopic (exact) mass is 515 g/mol. The summed E-state index contributed by atoms with van der Waals surface area (Å²) in [6, 6.07) is 18.6. The molecule has 0 fully saturated rings. The SMILES string of the molecule is CN=NC(C=Cc1cccc(OC)c1)=CCCC(C#N)(CCC(C)CCCC(C)C)c1cccc(OC)c1. The average Bonchev–Trinajstić information content (AvgIpc) is 2.93. The summed E-state index contributed by atoms with van der Waals surface area (Å²) in [6.45, 7) is 6.87. The van der Waals surface area contributed by atoms with E-state index < -0.39 is 5.41 Å². The van der Waals surface area contributed by atoms with E-state index in [1.54, 1.807) is 21.3 Å². The lowest BCUT2D eigenvalue weighted by Gasteiger charge is -2.29. The summed E-state index contributed by atoms with van der Waals surface area (Å²) in [5.41, 5.74) is 2.22. The fourth-order valence-electron chi connectivity index (χ4n) is 4.67. The van der Waals surface area contributed by atoms with Gasteiger partial charge in [0.1, 0.15) is 11.5 Å². The van der Waals surface area contributed by atoms with Crippen LogP contribution in [0.4, 0.5) is 0 Å². The van der Waals surface area contributed by atoms with Crippen molar-refractivity contribution in [2.45, 2.75) is 71.1 Å². The Bertz CT molecular complexity index is 1110. The van der Waals surface area contributed by atoms with Gasteiger partial charge in [-0.15, -0.1) is 0 Å². The molecule has 0 saturated carbocycles. The van der Waals surface area contributed by atoms with Crippen LogP contribution in [0.1, 0.15) is 76.8 Å². The van der Waals surface area contributed by atoms with Crippen LogP contribution in [0.15, 0.2) is 76.6 Å². The number of azo groups is 1. The molecule has 0 heterocycles. The molecule has 0 aromatic heterocycles. The van der Waals surface area contributed by atoms with Crippen molar-refractivity contribution in [3.8, 4) is 17.6 Å². The van der Waals surface area contributed by atoms with E-state index >= 15 is 0 Å². The highest BCUT2D eigenvalue weighted by molar-refractivity contribution is 5.54. The van der Waals surface area contributed by atoms with Crippen LogP contribution in [0.2, 0.25) is 0 Å². The first-order chi connectivity index (χ1) is 18.4. The number of nitrogens with zero attached hydrogens (tertiary/aromatic N) is 3. The predicted molar refractivity (Wildman–Crippen MR) is 157 cm³/mol. The number of hydrogen-bond acceptors (Lipinski definition) is 5. The number of rotatable bonds is 16. The van der Waals surface area contributed by atoms with E-state index in [1.807, 2.05) is 54.6 Å². The maximum Gasteiger partial charge on any atom is 0.119 e. The van der Waals surface area contributed by atoms with E-state index in [0.717, 1.165) is 47.1 Å². The summed E-state index contributed by atoms with van der Waals surface area (Å²) in [4.78, 5) is 0. The number of nitriles is 1. The zero-order valence-electron chi connectivity index (χ0n) is 24.1. The molecule has 0 spiro atoms. The molecule has 0 amide bonds. The smallest absolute Gasteiger partial charge is 0.119 e. The maximum atomic E-state index is 10.5. The topological polar surface area (TPSA) is 67.0 Å². The average molecular weight is 516 g/mol. The molecule has 2 aromatic carbocycles. The molecular formula is C33H45N3O2. The second-order valence-electron chi connectivity index (χ2n) is 10.5. The van der Waals surface area contributed by atoms with Gasteiger partial charge >= 0.3 is 0 Å². The summed E-state index contributed by atoms with van der Waals surface area (Å²) in [7, 11) is 5.00. The van der Waals surface area contributed by atoms with Gasteiger partial charge in [0.25, 0.3) is 0 Å². The van der Waals surface area contributed by atoms with E-state index in [0.29, 0.717) is 18.8 Å². The van der Waals surface area contributed by atoms with Crippen LogP contribution < -0.4 is 9.47 Å². The van der Waals surface area contributed by atoms with Crippen molar-refractivity contribution in [3.63, 3.8) is 0 Å². The molecule has 5 heteroatoms. The Hall–Kier alpha value is -3.39. The van der Waals surface area contributed by atoms with Crippen molar-refractivity contribution < 1.29 is 9.47 Å². The Labute approximate surface area is 230 Å². The second-order valence-corrected chi connectivity index (χ2v) is 10.5. The van der Waals surface area contributed by atoms with Crippen LogP contribution in [0.25, 0.3) is 6.08 Å². The largest absolute Gasteiger partial charge is 0.497 e. The van der Waals surface area contributed by atoms with Gasteiger partial charge in [0.05, 0.1) is 31.4 Å². The molecule has 2 rings (SSSR count). The molecule has 204 valence electrons. The quantitative estimate of drug-likeness (QED) is 0.165. The van der Waals surface area contributed by atoms with Crippen LogP contribution in [-0.4, -0.2) is 21.3 Å². The summed E-state index contributed by atoms with van der Waals surface area (Å²) >= 11 is 0. The lowest BCUT2D eigenvalue weighted by Crippen LogP contribution is -2.25. The van der Waals surface area contributed by atoms with Gasteiger partial charge in [0, 0.05) is 7.05 Å². The van der Waals surface area contributed by atoms with E-state index in [-0.39, 0.29) is 0 Å². The Morgan fingerprint density at radius 3 is 2.34 bits per heavy atom. The number of benzene rings is 2. The van der Waals surface area contributed by atoms with Crippen molar-refractivity contribution in [2.75, 3.05) is 21.3 Å². The van der Waals surface area contributed by atoms with E-state index in [4.69, 9.17) is 9.47 Å². The molecule has 5 nitrogen and oxygen atoms in total. The van der Waals surface area contributed by atoms with Crippen molar-refractivity contribution in [2.24, 2.45) is 22.1 Å². The fraction of sp³-hybridized carbons (Fsp3) is 0.485. The van der Waals surface area contributed by atoms with Crippen LogP contribution in [-0.2, 0) is 5.41 Å². The molecule has 0 aliphatic heterocycles. The normalized spacial score (nSPS) is 14.5. The third kappa shape index (κ3) is 10.2. The lowest BCUT2D eigenvalue weighted by atomic mass is 9.73. The Balaban J connectivity index is 2.23. The first kappa shape index (κ1) is 30.8. The third-order valence-electron chi connectivity index (χ3n) is 7.06. The van der Waals surface area contributed by atoms with Gasteiger partial charge in [-0.2, -0.15) is 15.5 Å². The van der Waals surface area contributed by atoms with E-state index in [9.17, 15) is 5.26 Å². The maximum absolute atomic E-state index is 10.5. The Morgan fingerprint density at radius 1 is 0.974 bits per heavy atom. The van der Waals surface area contributed by atoms with Crippen LogP contribution >= 0.6 is 0 Å². The lowest BCUT2D eigenvalue weighted by molar-refractivity contribution is 0.367. The minimum atomic E-state index is -0.595. The third-order valence-corrected chi connectivity index (χ3v) is 7.06. The first-order valence-electron chi connectivity index (χ1n) is 13.7. The summed E-state index contributed by atoms with van der Waals surface area (Å²) in [5, 5.41) is 18.9. The van der Waals surface area contributed by atoms with Gasteiger partial charge in [-0.25, -0.2) is 0 Å². The predicted octanol–water partition coefficient (Wildman–Crippen LogP) is 9.17. The standard InChI is InChI=1S/C33H45N3O2/c1-26(2)11-7-12-27(3)20-22-33(25-34,29-14-9-17-32(24-29)38-6)21-10-15-30(36-35-4)19-18-28-13-8-16-31(23-28)37-5/h8-9,13-19,23-24,26-27H,7,10-12,20-22H2,1-6H3. The molecule has 0 bridgehead atoms. The Morgan fingerprint density at radius 2 is 1.68 bits per heavy atom. The zero-order chi connectivity index (χ0) is 27.8. The van der Waals surface area contributed by atoms with Gasteiger partial charge < -0.3 is 9.47 Å². The Kier molecular flexibility index (Phi) is 13.3. The van der Waals surface area contributed by atoms with E-state index in [2.05, 4.69) is 49.2 Å². The first-order valence-corrected chi connectivity index (χ1v) is 13.7. The zero-order valence-corrected chi connectivity index (χ0v) is 24.1. The molecule has 2 atom stereocenters. The molecule has 0 saturated heterocycles. The number of methoxy groups -OCH3 is 2. The summed E-state index contributed by atoms with van der Waals surface area (Å²) < 4.78 is 10.8. The number of allylic oxidation sites excluding steroid dienone is 2. The minimum absolute atomic E-state index is 0.581. The van der Waals surface area contributed by atoms with Gasteiger partial charge in [-0.3, -0.25) is 0 Å². The van der Waals surface area contributed by atoms with Crippen LogP contribution in [0.3, 0.4) is 0 Å². The van der Waals surface area contributed by atoms with Gasteiger partial charge in [0.15, 0.2) is 0 Å². The molecule has 0 N–H and O–H groups in total. The second kappa shape index (κ2) is 16.5. The molecular weight excluding hydrogens is 470 g/mol.